The molecule has 0 radical (unpaired) electrons. The number of ether oxygens (including phenoxy) is 1. The number of carbonyl (C=O) groups excluding carboxylic acids is 1. The highest BCUT2D eigenvalue weighted by Crippen LogP contribution is 2.25. The van der Waals surface area contributed by atoms with Gasteiger partial charge in [0.25, 0.3) is 5.91 Å². The summed E-state index contributed by atoms with van der Waals surface area (Å²) in [5, 5.41) is 2.85. The van der Waals surface area contributed by atoms with E-state index in [1.165, 1.54) is 18.2 Å². The smallest absolute Gasteiger partial charge is 0.258 e. The van der Waals surface area contributed by atoms with Gasteiger partial charge in [-0.1, -0.05) is 6.92 Å². The fourth-order valence-electron chi connectivity index (χ4n) is 1.24. The first-order valence-corrected chi connectivity index (χ1v) is 6.52. The Morgan fingerprint density at radius 1 is 1.50 bits per heavy atom. The van der Waals surface area contributed by atoms with E-state index < -0.39 is 0 Å². The Hall–Kier alpha value is -1.10. The Morgan fingerprint density at radius 2 is 2.17 bits per heavy atom. The monoisotopic (exact) mass is 317 g/mol. The average Bonchev–Trinajstić information content (AvgIpc) is 2.27. The molecule has 0 aliphatic heterocycles. The van der Waals surface area contributed by atoms with Crippen LogP contribution < -0.4 is 10.1 Å². The van der Waals surface area contributed by atoms with Crippen LogP contribution in [0.25, 0.3) is 0 Å². The van der Waals surface area contributed by atoms with Gasteiger partial charge in [-0.15, -0.1) is 0 Å². The van der Waals surface area contributed by atoms with Gasteiger partial charge in [-0.05, 0) is 54.4 Å². The highest BCUT2D eigenvalue weighted by Gasteiger charge is 2.18. The summed E-state index contributed by atoms with van der Waals surface area (Å²) in [5.74, 6) is -0.107. The predicted octanol–water partition coefficient (Wildman–Crippen LogP) is 3.27. The number of rotatable bonds is 5. The molecule has 0 aliphatic carbocycles. The summed E-state index contributed by atoms with van der Waals surface area (Å²) in [6.07, 6.45) is 0.832. The predicted molar refractivity (Wildman–Crippen MR) is 72.1 cm³/mol. The van der Waals surface area contributed by atoms with Crippen molar-refractivity contribution in [1.82, 2.24) is 5.32 Å². The fraction of sp³-hybridized carbons (Fsp3) is 0.462. The van der Waals surface area contributed by atoms with Crippen molar-refractivity contribution in [3.05, 3.63) is 28.5 Å². The van der Waals surface area contributed by atoms with Crippen LogP contribution in [-0.2, 0) is 4.79 Å². The van der Waals surface area contributed by atoms with Gasteiger partial charge in [-0.3, -0.25) is 4.79 Å². The van der Waals surface area contributed by atoms with Gasteiger partial charge < -0.3 is 10.1 Å². The summed E-state index contributed by atoms with van der Waals surface area (Å²) in [6, 6.07) is 4.06. The van der Waals surface area contributed by atoms with Crippen LogP contribution in [0.3, 0.4) is 0 Å². The van der Waals surface area contributed by atoms with E-state index in [1.807, 2.05) is 20.8 Å². The molecule has 0 spiro atoms. The lowest BCUT2D eigenvalue weighted by atomic mass is 10.0. The van der Waals surface area contributed by atoms with Crippen LogP contribution >= 0.6 is 15.9 Å². The number of benzene rings is 1. The number of carbonyl (C=O) groups is 1. The Labute approximate surface area is 115 Å². The van der Waals surface area contributed by atoms with Crippen LogP contribution in [0.2, 0.25) is 0 Å². The van der Waals surface area contributed by atoms with Crippen molar-refractivity contribution >= 4 is 21.8 Å². The molecule has 1 rings (SSSR count). The first-order chi connectivity index (χ1) is 8.34. The van der Waals surface area contributed by atoms with Crippen LogP contribution in [0.1, 0.15) is 27.2 Å². The largest absolute Gasteiger partial charge is 0.483 e. The van der Waals surface area contributed by atoms with Gasteiger partial charge in [-0.25, -0.2) is 4.39 Å². The van der Waals surface area contributed by atoms with Gasteiger partial charge >= 0.3 is 0 Å². The molecule has 1 amide bonds. The third-order valence-corrected chi connectivity index (χ3v) is 3.23. The Kier molecular flexibility index (Phi) is 5.14. The number of hydrogen-bond acceptors (Lipinski definition) is 2. The van der Waals surface area contributed by atoms with E-state index in [2.05, 4.69) is 21.2 Å². The van der Waals surface area contributed by atoms with Crippen molar-refractivity contribution in [1.29, 1.82) is 0 Å². The summed E-state index contributed by atoms with van der Waals surface area (Å²) in [5.41, 5.74) is -0.250. The molecule has 0 heterocycles. The van der Waals surface area contributed by atoms with Crippen LogP contribution in [0.5, 0.6) is 5.75 Å². The van der Waals surface area contributed by atoms with Crippen molar-refractivity contribution in [2.75, 3.05) is 6.61 Å². The molecule has 0 fully saturated rings. The Balaban J connectivity index is 2.53. The molecular weight excluding hydrogens is 301 g/mol. The summed E-state index contributed by atoms with van der Waals surface area (Å²) >= 11 is 3.18. The molecule has 0 aliphatic rings. The van der Waals surface area contributed by atoms with Gasteiger partial charge in [0.2, 0.25) is 0 Å². The molecule has 1 N–H and O–H groups in total. The van der Waals surface area contributed by atoms with Gasteiger partial charge in [-0.2, -0.15) is 0 Å². The normalized spacial score (nSPS) is 11.2. The maximum absolute atomic E-state index is 12.8. The van der Waals surface area contributed by atoms with E-state index in [4.69, 9.17) is 4.74 Å². The van der Waals surface area contributed by atoms with Crippen LogP contribution in [0.4, 0.5) is 4.39 Å². The van der Waals surface area contributed by atoms with Crippen LogP contribution in [0, 0.1) is 5.82 Å². The summed E-state index contributed by atoms with van der Waals surface area (Å²) in [6.45, 7) is 5.79. The second kappa shape index (κ2) is 6.18. The van der Waals surface area contributed by atoms with Gasteiger partial charge in [0.1, 0.15) is 11.6 Å². The fourth-order valence-corrected chi connectivity index (χ4v) is 1.70. The molecule has 0 saturated heterocycles. The van der Waals surface area contributed by atoms with Gasteiger partial charge in [0.15, 0.2) is 6.61 Å². The third-order valence-electron chi connectivity index (χ3n) is 2.61. The molecule has 1 aromatic carbocycles. The molecule has 0 bridgehead atoms. The van der Waals surface area contributed by atoms with E-state index in [1.54, 1.807) is 0 Å². The minimum atomic E-state index is -0.356. The molecule has 0 saturated carbocycles. The molecule has 0 unspecified atom stereocenters. The van der Waals surface area contributed by atoms with Crippen LogP contribution in [0.15, 0.2) is 22.7 Å². The number of amides is 1. The minimum Gasteiger partial charge on any atom is -0.483 e. The van der Waals surface area contributed by atoms with E-state index in [-0.39, 0.29) is 23.9 Å². The molecule has 3 nitrogen and oxygen atoms in total. The first-order valence-electron chi connectivity index (χ1n) is 5.73. The third kappa shape index (κ3) is 4.64. The molecule has 1 aromatic rings. The summed E-state index contributed by atoms with van der Waals surface area (Å²) < 4.78 is 18.7. The van der Waals surface area contributed by atoms with Crippen molar-refractivity contribution in [3.8, 4) is 5.75 Å². The molecule has 5 heteroatoms. The zero-order valence-corrected chi connectivity index (χ0v) is 12.3. The molecule has 0 atom stereocenters. The quantitative estimate of drug-likeness (QED) is 0.905. The first kappa shape index (κ1) is 15.0. The van der Waals surface area contributed by atoms with Crippen molar-refractivity contribution in [2.45, 2.75) is 32.7 Å². The maximum atomic E-state index is 12.8. The van der Waals surface area contributed by atoms with Crippen molar-refractivity contribution < 1.29 is 13.9 Å². The number of nitrogens with one attached hydrogen (secondary N) is 1. The maximum Gasteiger partial charge on any atom is 0.258 e. The van der Waals surface area contributed by atoms with E-state index in [0.717, 1.165) is 6.42 Å². The highest BCUT2D eigenvalue weighted by molar-refractivity contribution is 9.10. The minimum absolute atomic E-state index is 0.0896. The standard InChI is InChI=1S/C13H17BrFNO2/c1-4-13(2,3)16-12(17)8-18-11-6-5-9(15)7-10(11)14/h5-7H,4,8H2,1-3H3,(H,16,17). The van der Waals surface area contributed by atoms with E-state index in [9.17, 15) is 9.18 Å². The Morgan fingerprint density at radius 3 is 2.72 bits per heavy atom. The highest BCUT2D eigenvalue weighted by atomic mass is 79.9. The molecule has 0 aromatic heterocycles. The van der Waals surface area contributed by atoms with E-state index >= 15 is 0 Å². The molecule has 100 valence electrons. The second-order valence-corrected chi connectivity index (χ2v) is 5.50. The van der Waals surface area contributed by atoms with Gasteiger partial charge in [0, 0.05) is 5.54 Å². The molecular formula is C13H17BrFNO2. The molecule has 18 heavy (non-hydrogen) atoms. The number of hydrogen-bond donors (Lipinski definition) is 1. The zero-order chi connectivity index (χ0) is 13.8. The average molecular weight is 318 g/mol. The lowest BCUT2D eigenvalue weighted by molar-refractivity contribution is -0.124. The number of halogens is 2. The SMILES string of the molecule is CCC(C)(C)NC(=O)COc1ccc(F)cc1Br. The zero-order valence-electron chi connectivity index (χ0n) is 10.7. The Bertz CT molecular complexity index is 435. The van der Waals surface area contributed by atoms with Crippen molar-refractivity contribution in [3.63, 3.8) is 0 Å². The van der Waals surface area contributed by atoms with E-state index in [0.29, 0.717) is 10.2 Å². The summed E-state index contributed by atoms with van der Waals surface area (Å²) in [7, 11) is 0. The van der Waals surface area contributed by atoms with Crippen LogP contribution in [-0.4, -0.2) is 18.1 Å². The topological polar surface area (TPSA) is 38.3 Å². The summed E-state index contributed by atoms with van der Waals surface area (Å²) in [4.78, 5) is 11.6. The second-order valence-electron chi connectivity index (χ2n) is 4.65. The lowest BCUT2D eigenvalue weighted by Crippen LogP contribution is -2.44. The van der Waals surface area contributed by atoms with Crippen molar-refractivity contribution in [2.24, 2.45) is 0 Å². The van der Waals surface area contributed by atoms with Gasteiger partial charge in [0.05, 0.1) is 4.47 Å². The lowest BCUT2D eigenvalue weighted by Gasteiger charge is -2.24.